The Labute approximate surface area is 153 Å². The van der Waals surface area contributed by atoms with Crippen molar-refractivity contribution in [3.8, 4) is 0 Å². The van der Waals surface area contributed by atoms with Crippen LogP contribution in [0.25, 0.3) is 0 Å². The van der Waals surface area contributed by atoms with Crippen LogP contribution in [0.5, 0.6) is 0 Å². The normalized spacial score (nSPS) is 18.7. The van der Waals surface area contributed by atoms with Crippen molar-refractivity contribution >= 4 is 17.5 Å². The number of halogens is 2. The van der Waals surface area contributed by atoms with E-state index < -0.39 is 11.9 Å². The van der Waals surface area contributed by atoms with E-state index in [-0.39, 0.29) is 31.2 Å². The first kappa shape index (κ1) is 20.4. The first-order chi connectivity index (χ1) is 12.1. The van der Waals surface area contributed by atoms with Gasteiger partial charge in [-0.05, 0) is 36.3 Å². The van der Waals surface area contributed by atoms with Gasteiger partial charge in [-0.3, -0.25) is 4.79 Å². The maximum absolute atomic E-state index is 13.5. The average molecular weight is 369 g/mol. The van der Waals surface area contributed by atoms with Crippen molar-refractivity contribution in [3.05, 3.63) is 17.8 Å². The van der Waals surface area contributed by atoms with Crippen LogP contribution in [0.3, 0.4) is 0 Å². The van der Waals surface area contributed by atoms with Crippen LogP contribution in [-0.2, 0) is 4.79 Å². The van der Waals surface area contributed by atoms with Crippen molar-refractivity contribution < 1.29 is 18.7 Å². The smallest absolute Gasteiger partial charge is 0.303 e. The van der Waals surface area contributed by atoms with Crippen molar-refractivity contribution in [3.63, 3.8) is 0 Å². The molecular weight excluding hydrogens is 340 g/mol. The summed E-state index contributed by atoms with van der Waals surface area (Å²) in [4.78, 5) is 17.5. The average Bonchev–Trinajstić information content (AvgIpc) is 2.52. The van der Waals surface area contributed by atoms with Gasteiger partial charge >= 0.3 is 5.97 Å². The Morgan fingerprint density at radius 3 is 2.50 bits per heavy atom. The zero-order chi connectivity index (χ0) is 19.5. The molecule has 0 aliphatic heterocycles. The molecule has 1 aromatic rings. The summed E-state index contributed by atoms with van der Waals surface area (Å²) in [6.07, 6.45) is 2.27. The van der Waals surface area contributed by atoms with Gasteiger partial charge < -0.3 is 15.7 Å². The van der Waals surface area contributed by atoms with Gasteiger partial charge in [0.15, 0.2) is 5.82 Å². The van der Waals surface area contributed by atoms with Gasteiger partial charge in [0, 0.05) is 31.6 Å². The molecule has 0 radical (unpaired) electrons. The number of aromatic nitrogens is 1. The molecule has 0 spiro atoms. The molecule has 1 aromatic heterocycles. The Bertz CT molecular complexity index is 627. The predicted molar refractivity (Wildman–Crippen MR) is 98.7 cm³/mol. The molecule has 7 heteroatoms. The Morgan fingerprint density at radius 1 is 1.38 bits per heavy atom. The van der Waals surface area contributed by atoms with Crippen LogP contribution in [0.15, 0.2) is 12.3 Å². The van der Waals surface area contributed by atoms with Gasteiger partial charge in [0.1, 0.15) is 0 Å². The number of alkyl halides is 2. The molecule has 1 fully saturated rings. The van der Waals surface area contributed by atoms with E-state index in [1.807, 2.05) is 6.92 Å². The van der Waals surface area contributed by atoms with Gasteiger partial charge in [-0.15, -0.1) is 0 Å². The molecular formula is C19H29F2N3O2. The second-order valence-corrected chi connectivity index (χ2v) is 7.81. The maximum atomic E-state index is 13.5. The number of nitrogen functional groups attached to an aromatic ring is 1. The summed E-state index contributed by atoms with van der Waals surface area (Å²) in [5.74, 6) is -2.69. The molecule has 1 atom stereocenters. The molecule has 26 heavy (non-hydrogen) atoms. The number of hydrogen-bond acceptors (Lipinski definition) is 4. The van der Waals surface area contributed by atoms with Gasteiger partial charge in [0.05, 0.1) is 12.1 Å². The van der Waals surface area contributed by atoms with E-state index in [2.05, 4.69) is 23.7 Å². The highest BCUT2D eigenvalue weighted by Gasteiger charge is 2.37. The number of carboxylic acids is 1. The third-order valence-electron chi connectivity index (χ3n) is 4.93. The summed E-state index contributed by atoms with van der Waals surface area (Å²) in [7, 11) is 0. The van der Waals surface area contributed by atoms with Gasteiger partial charge in [-0.1, -0.05) is 20.8 Å². The SMILES string of the molecule is CC(C)CN(c1ncc(C(C)CC(=O)O)cc1N)C1CCC(F)(F)CC1. The highest BCUT2D eigenvalue weighted by atomic mass is 19.3. The fourth-order valence-corrected chi connectivity index (χ4v) is 3.52. The van der Waals surface area contributed by atoms with Crippen LogP contribution >= 0.6 is 0 Å². The monoisotopic (exact) mass is 369 g/mol. The molecule has 0 aromatic carbocycles. The van der Waals surface area contributed by atoms with E-state index in [4.69, 9.17) is 10.8 Å². The van der Waals surface area contributed by atoms with Crippen LogP contribution in [0.4, 0.5) is 20.3 Å². The molecule has 146 valence electrons. The van der Waals surface area contributed by atoms with E-state index in [0.29, 0.717) is 36.8 Å². The fourth-order valence-electron chi connectivity index (χ4n) is 3.52. The number of rotatable bonds is 7. The number of nitrogens with two attached hydrogens (primary N) is 1. The molecule has 0 saturated heterocycles. The van der Waals surface area contributed by atoms with E-state index in [1.54, 1.807) is 12.3 Å². The summed E-state index contributed by atoms with van der Waals surface area (Å²) in [6.45, 7) is 6.66. The molecule has 0 amide bonds. The highest BCUT2D eigenvalue weighted by molar-refractivity contribution is 5.69. The summed E-state index contributed by atoms with van der Waals surface area (Å²) in [5.41, 5.74) is 7.47. The Kier molecular flexibility index (Phi) is 6.42. The predicted octanol–water partition coefficient (Wildman–Crippen LogP) is 4.28. The molecule has 1 unspecified atom stereocenters. The van der Waals surface area contributed by atoms with Crippen molar-refractivity contribution in [2.24, 2.45) is 5.92 Å². The number of carboxylic acid groups (broad SMARTS) is 1. The van der Waals surface area contributed by atoms with Crippen molar-refractivity contribution in [1.82, 2.24) is 4.98 Å². The highest BCUT2D eigenvalue weighted by Crippen LogP contribution is 2.38. The number of aliphatic carboxylic acids is 1. The molecule has 3 N–H and O–H groups in total. The number of pyridine rings is 1. The minimum Gasteiger partial charge on any atom is -0.481 e. The zero-order valence-corrected chi connectivity index (χ0v) is 15.7. The van der Waals surface area contributed by atoms with Gasteiger partial charge in [0.25, 0.3) is 0 Å². The first-order valence-electron chi connectivity index (χ1n) is 9.20. The molecule has 1 saturated carbocycles. The Balaban J connectivity index is 2.23. The molecule has 1 aliphatic rings. The van der Waals surface area contributed by atoms with Crippen LogP contribution in [0, 0.1) is 5.92 Å². The lowest BCUT2D eigenvalue weighted by atomic mass is 9.90. The number of anilines is 2. The first-order valence-corrected chi connectivity index (χ1v) is 9.20. The van der Waals surface area contributed by atoms with Crippen LogP contribution in [0.2, 0.25) is 0 Å². The van der Waals surface area contributed by atoms with Crippen molar-refractivity contribution in [1.29, 1.82) is 0 Å². The molecule has 2 rings (SSSR count). The quantitative estimate of drug-likeness (QED) is 0.750. The summed E-state index contributed by atoms with van der Waals surface area (Å²) >= 11 is 0. The summed E-state index contributed by atoms with van der Waals surface area (Å²) in [6, 6.07) is 1.76. The second kappa shape index (κ2) is 8.18. The van der Waals surface area contributed by atoms with E-state index in [1.165, 1.54) is 0 Å². The van der Waals surface area contributed by atoms with Crippen molar-refractivity contribution in [2.75, 3.05) is 17.2 Å². The minimum absolute atomic E-state index is 0.00545. The van der Waals surface area contributed by atoms with Gasteiger partial charge in [-0.25, -0.2) is 13.8 Å². The molecule has 0 bridgehead atoms. The van der Waals surface area contributed by atoms with Crippen LogP contribution in [-0.4, -0.2) is 34.6 Å². The lowest BCUT2D eigenvalue weighted by Gasteiger charge is -2.39. The van der Waals surface area contributed by atoms with Crippen LogP contribution in [0.1, 0.15) is 64.4 Å². The summed E-state index contributed by atoms with van der Waals surface area (Å²) < 4.78 is 27.0. The Morgan fingerprint density at radius 2 is 2.00 bits per heavy atom. The van der Waals surface area contributed by atoms with Gasteiger partial charge in [0.2, 0.25) is 5.92 Å². The maximum Gasteiger partial charge on any atom is 0.303 e. The molecule has 5 nitrogen and oxygen atoms in total. The summed E-state index contributed by atoms with van der Waals surface area (Å²) in [5, 5.41) is 8.95. The van der Waals surface area contributed by atoms with E-state index >= 15 is 0 Å². The number of hydrogen-bond donors (Lipinski definition) is 2. The number of carbonyl (C=O) groups is 1. The third kappa shape index (κ3) is 5.29. The van der Waals surface area contributed by atoms with E-state index in [0.717, 1.165) is 5.56 Å². The standard InChI is InChI=1S/C19H29F2N3O2/c1-12(2)11-24(15-4-6-19(20,21)7-5-15)18-16(22)9-14(10-23-18)13(3)8-17(25)26/h9-10,12-13,15H,4-8,11,22H2,1-3H3,(H,25,26). The molecule has 1 heterocycles. The number of nitrogens with zero attached hydrogens (tertiary/aromatic N) is 2. The fraction of sp³-hybridized carbons (Fsp3) is 0.684. The van der Waals surface area contributed by atoms with Gasteiger partial charge in [-0.2, -0.15) is 0 Å². The van der Waals surface area contributed by atoms with E-state index in [9.17, 15) is 13.6 Å². The third-order valence-corrected chi connectivity index (χ3v) is 4.93. The zero-order valence-electron chi connectivity index (χ0n) is 15.7. The Hall–Kier alpha value is -1.92. The minimum atomic E-state index is -2.57. The molecule has 1 aliphatic carbocycles. The van der Waals surface area contributed by atoms with Crippen molar-refractivity contribution in [2.45, 2.75) is 70.8 Å². The largest absolute Gasteiger partial charge is 0.481 e. The lowest BCUT2D eigenvalue weighted by molar-refractivity contribution is -0.137. The lowest BCUT2D eigenvalue weighted by Crippen LogP contribution is -2.43. The second-order valence-electron chi connectivity index (χ2n) is 7.81. The topological polar surface area (TPSA) is 79.5 Å². The van der Waals surface area contributed by atoms with Crippen LogP contribution < -0.4 is 10.6 Å².